The number of aromatic carboxylic acids is 2. The van der Waals surface area contributed by atoms with Gasteiger partial charge in [-0.25, -0.2) is 9.59 Å². The van der Waals surface area contributed by atoms with Crippen molar-refractivity contribution in [3.8, 4) is 0 Å². The first-order valence-electron chi connectivity index (χ1n) is 4.32. The zero-order chi connectivity index (χ0) is 11.9. The highest BCUT2D eigenvalue weighted by molar-refractivity contribution is 5.98. The summed E-state index contributed by atoms with van der Waals surface area (Å²) in [5.74, 6) is -2.39. The molecule has 0 unspecified atom stereocenters. The molecule has 0 saturated carbocycles. The van der Waals surface area contributed by atoms with Gasteiger partial charge in [-0.2, -0.15) is 4.73 Å². The number of carboxylic acid groups (broad SMARTS) is 2. The fraction of sp³-hybridized carbons (Fsp3) is 0. The summed E-state index contributed by atoms with van der Waals surface area (Å²) >= 11 is 0. The van der Waals surface area contributed by atoms with Crippen molar-refractivity contribution in [3.63, 3.8) is 0 Å². The summed E-state index contributed by atoms with van der Waals surface area (Å²) in [4.78, 5) is 21.4. The Balaban J connectivity index is 2.72. The highest BCUT2D eigenvalue weighted by atomic mass is 16.5. The second kappa shape index (κ2) is 3.27. The van der Waals surface area contributed by atoms with Crippen LogP contribution >= 0.6 is 0 Å². The SMILES string of the molecule is O=C(O)c1ccc2c(c1)cc(C(=O)O)n2O. The van der Waals surface area contributed by atoms with Gasteiger partial charge in [0.15, 0.2) is 5.69 Å². The number of carboxylic acids is 2. The zero-order valence-corrected chi connectivity index (χ0v) is 7.91. The average Bonchev–Trinajstić information content (AvgIpc) is 2.55. The van der Waals surface area contributed by atoms with Crippen LogP contribution < -0.4 is 0 Å². The molecule has 0 spiro atoms. The second-order valence-electron chi connectivity index (χ2n) is 3.23. The van der Waals surface area contributed by atoms with E-state index in [1.54, 1.807) is 0 Å². The molecule has 6 nitrogen and oxygen atoms in total. The van der Waals surface area contributed by atoms with Crippen LogP contribution in [0.15, 0.2) is 24.3 Å². The van der Waals surface area contributed by atoms with Gasteiger partial charge in [0.25, 0.3) is 0 Å². The van der Waals surface area contributed by atoms with Gasteiger partial charge in [0.05, 0.1) is 11.1 Å². The van der Waals surface area contributed by atoms with Crippen molar-refractivity contribution in [2.24, 2.45) is 0 Å². The molecule has 0 atom stereocenters. The summed E-state index contributed by atoms with van der Waals surface area (Å²) in [7, 11) is 0. The summed E-state index contributed by atoms with van der Waals surface area (Å²) in [6.07, 6.45) is 0. The lowest BCUT2D eigenvalue weighted by atomic mass is 10.1. The molecule has 82 valence electrons. The van der Waals surface area contributed by atoms with Crippen LogP contribution in [0, 0.1) is 0 Å². The molecular formula is C10H7NO5. The van der Waals surface area contributed by atoms with E-state index in [0.29, 0.717) is 10.1 Å². The standard InChI is InChI=1S/C10H7NO5/c12-9(13)5-1-2-7-6(3-5)4-8(10(14)15)11(7)16/h1-4,16H,(H,12,13)(H,14,15). The largest absolute Gasteiger partial charge is 0.478 e. The fourth-order valence-electron chi connectivity index (χ4n) is 1.49. The molecule has 0 aliphatic rings. The Morgan fingerprint density at radius 2 is 1.75 bits per heavy atom. The molecule has 0 amide bonds. The van der Waals surface area contributed by atoms with Crippen molar-refractivity contribution < 1.29 is 25.0 Å². The number of fused-ring (bicyclic) bond motifs is 1. The van der Waals surface area contributed by atoms with Crippen molar-refractivity contribution in [1.82, 2.24) is 4.73 Å². The van der Waals surface area contributed by atoms with Crippen molar-refractivity contribution in [3.05, 3.63) is 35.5 Å². The molecule has 0 fully saturated rings. The lowest BCUT2D eigenvalue weighted by Crippen LogP contribution is -2.04. The molecule has 2 aromatic rings. The number of benzene rings is 1. The maximum absolute atomic E-state index is 10.7. The molecule has 1 aromatic heterocycles. The average molecular weight is 221 g/mol. The number of aromatic nitrogens is 1. The van der Waals surface area contributed by atoms with Gasteiger partial charge in [0.2, 0.25) is 0 Å². The van der Waals surface area contributed by atoms with E-state index in [-0.39, 0.29) is 16.8 Å². The first kappa shape index (κ1) is 10.0. The Bertz CT molecular complexity index is 599. The van der Waals surface area contributed by atoms with Gasteiger partial charge in [-0.3, -0.25) is 0 Å². The molecule has 0 bridgehead atoms. The van der Waals surface area contributed by atoms with Crippen LogP contribution in [0.4, 0.5) is 0 Å². The van der Waals surface area contributed by atoms with Gasteiger partial charge in [-0.15, -0.1) is 0 Å². The summed E-state index contributed by atoms with van der Waals surface area (Å²) in [5, 5.41) is 27.3. The van der Waals surface area contributed by atoms with Crippen LogP contribution in [0.1, 0.15) is 20.8 Å². The maximum atomic E-state index is 10.7. The quantitative estimate of drug-likeness (QED) is 0.663. The molecule has 0 aliphatic carbocycles. The smallest absolute Gasteiger partial charge is 0.356 e. The van der Waals surface area contributed by atoms with Crippen molar-refractivity contribution in [2.75, 3.05) is 0 Å². The zero-order valence-electron chi connectivity index (χ0n) is 7.91. The number of hydrogen-bond acceptors (Lipinski definition) is 3. The summed E-state index contributed by atoms with van der Waals surface area (Å²) < 4.78 is 0.517. The van der Waals surface area contributed by atoms with Gasteiger partial charge >= 0.3 is 11.9 Å². The topological polar surface area (TPSA) is 99.8 Å². The Labute approximate surface area is 88.9 Å². The molecule has 1 aromatic carbocycles. The summed E-state index contributed by atoms with van der Waals surface area (Å²) in [6.45, 7) is 0. The van der Waals surface area contributed by atoms with E-state index in [2.05, 4.69) is 0 Å². The third-order valence-corrected chi connectivity index (χ3v) is 2.24. The minimum absolute atomic E-state index is 0.0371. The van der Waals surface area contributed by atoms with Crippen LogP contribution in [0.25, 0.3) is 10.9 Å². The molecule has 3 N–H and O–H groups in total. The summed E-state index contributed by atoms with van der Waals surface area (Å²) in [5.41, 5.74) is -0.0185. The normalized spacial score (nSPS) is 10.5. The van der Waals surface area contributed by atoms with Gasteiger partial charge in [-0.1, -0.05) is 0 Å². The predicted molar refractivity (Wildman–Crippen MR) is 53.0 cm³/mol. The molecule has 1 heterocycles. The van der Waals surface area contributed by atoms with E-state index in [0.717, 1.165) is 0 Å². The maximum Gasteiger partial charge on any atom is 0.356 e. The van der Waals surface area contributed by atoms with Crippen molar-refractivity contribution in [2.45, 2.75) is 0 Å². The minimum Gasteiger partial charge on any atom is -0.478 e. The lowest BCUT2D eigenvalue weighted by molar-refractivity contribution is 0.0646. The molecule has 16 heavy (non-hydrogen) atoms. The molecular weight excluding hydrogens is 214 g/mol. The fourth-order valence-corrected chi connectivity index (χ4v) is 1.49. The summed E-state index contributed by atoms with van der Waals surface area (Å²) in [6, 6.07) is 5.16. The van der Waals surface area contributed by atoms with Gasteiger partial charge < -0.3 is 15.4 Å². The molecule has 2 rings (SSSR count). The van der Waals surface area contributed by atoms with Crippen LogP contribution in [0.3, 0.4) is 0 Å². The highest BCUT2D eigenvalue weighted by Crippen LogP contribution is 2.20. The van der Waals surface area contributed by atoms with Gasteiger partial charge in [-0.05, 0) is 24.3 Å². The first-order chi connectivity index (χ1) is 7.50. The Kier molecular flexibility index (Phi) is 2.05. The number of rotatable bonds is 2. The Morgan fingerprint density at radius 3 is 2.31 bits per heavy atom. The second-order valence-corrected chi connectivity index (χ2v) is 3.23. The number of hydrogen-bond donors (Lipinski definition) is 3. The number of carbonyl (C=O) groups is 2. The van der Waals surface area contributed by atoms with Crippen LogP contribution in [-0.2, 0) is 0 Å². The molecule has 0 aliphatic heterocycles. The van der Waals surface area contributed by atoms with E-state index in [1.165, 1.54) is 24.3 Å². The van der Waals surface area contributed by atoms with Crippen LogP contribution in [0.2, 0.25) is 0 Å². The van der Waals surface area contributed by atoms with Gasteiger partial charge in [0, 0.05) is 5.39 Å². The van der Waals surface area contributed by atoms with Crippen LogP contribution in [-0.4, -0.2) is 32.1 Å². The van der Waals surface area contributed by atoms with E-state index in [9.17, 15) is 14.8 Å². The lowest BCUT2D eigenvalue weighted by Gasteiger charge is -1.98. The monoisotopic (exact) mass is 221 g/mol. The van der Waals surface area contributed by atoms with Crippen molar-refractivity contribution in [1.29, 1.82) is 0 Å². The third-order valence-electron chi connectivity index (χ3n) is 2.24. The predicted octanol–water partition coefficient (Wildman–Crippen LogP) is 1.28. The minimum atomic E-state index is -1.28. The van der Waals surface area contributed by atoms with E-state index < -0.39 is 11.9 Å². The van der Waals surface area contributed by atoms with E-state index in [4.69, 9.17) is 10.2 Å². The highest BCUT2D eigenvalue weighted by Gasteiger charge is 2.15. The number of nitrogens with zero attached hydrogens (tertiary/aromatic N) is 1. The molecule has 0 radical (unpaired) electrons. The molecule has 6 heteroatoms. The van der Waals surface area contributed by atoms with E-state index >= 15 is 0 Å². The van der Waals surface area contributed by atoms with Crippen molar-refractivity contribution >= 4 is 22.8 Å². The Morgan fingerprint density at radius 1 is 1.06 bits per heavy atom. The Hall–Kier alpha value is -2.50. The van der Waals surface area contributed by atoms with Crippen LogP contribution in [0.5, 0.6) is 0 Å². The van der Waals surface area contributed by atoms with Gasteiger partial charge in [0.1, 0.15) is 0 Å². The third kappa shape index (κ3) is 1.36. The first-order valence-corrected chi connectivity index (χ1v) is 4.32. The molecule has 0 saturated heterocycles. The van der Waals surface area contributed by atoms with E-state index in [1.807, 2.05) is 0 Å².